The van der Waals surface area contributed by atoms with E-state index in [9.17, 15) is 4.79 Å². The summed E-state index contributed by atoms with van der Waals surface area (Å²) >= 11 is 0. The second kappa shape index (κ2) is 4.19. The molecule has 2 amide bonds. The van der Waals surface area contributed by atoms with E-state index in [-0.39, 0.29) is 6.03 Å². The van der Waals surface area contributed by atoms with E-state index in [0.29, 0.717) is 6.54 Å². The molecule has 2 aliphatic heterocycles. The van der Waals surface area contributed by atoms with Crippen LogP contribution >= 0.6 is 0 Å². The molecule has 0 unspecified atom stereocenters. The van der Waals surface area contributed by atoms with Crippen molar-refractivity contribution in [3.8, 4) is 0 Å². The molecule has 0 aromatic heterocycles. The van der Waals surface area contributed by atoms with Crippen molar-refractivity contribution < 1.29 is 4.79 Å². The zero-order chi connectivity index (χ0) is 13.6. The summed E-state index contributed by atoms with van der Waals surface area (Å²) in [6.07, 6.45) is 0. The number of carbonyl (C=O) groups excluding carboxylic acids is 1. The smallest absolute Gasteiger partial charge is 0.325 e. The lowest BCUT2D eigenvalue weighted by Crippen LogP contribution is -2.46. The molecule has 0 saturated carbocycles. The third-order valence-electron chi connectivity index (χ3n) is 3.69. The van der Waals surface area contributed by atoms with Crippen LogP contribution in [0, 0.1) is 0 Å². The molecule has 1 aromatic carbocycles. The predicted molar refractivity (Wildman–Crippen MR) is 74.4 cm³/mol. The Morgan fingerprint density at radius 2 is 1.68 bits per heavy atom. The lowest BCUT2D eigenvalue weighted by molar-refractivity contribution is 0.169. The first-order valence-corrected chi connectivity index (χ1v) is 6.35. The van der Waals surface area contributed by atoms with Gasteiger partial charge in [-0.2, -0.15) is 0 Å². The highest BCUT2D eigenvalue weighted by molar-refractivity contribution is 5.79. The zero-order valence-corrected chi connectivity index (χ0v) is 11.5. The SMILES string of the molecule is CN1CC2=C(N(C)CN2c2ccccc2)N(C)C1=O. The standard InChI is InChI=1S/C14H18N4O/c1-15-9-12-13(17(3)14(15)19)16(2)10-18(12)11-7-5-4-6-8-11/h4-8H,9-10H2,1-3H3. The van der Waals surface area contributed by atoms with E-state index in [0.717, 1.165) is 18.2 Å². The Labute approximate surface area is 113 Å². The first kappa shape index (κ1) is 11.9. The number of rotatable bonds is 1. The lowest BCUT2D eigenvalue weighted by Gasteiger charge is -2.34. The minimum absolute atomic E-state index is 0.0421. The summed E-state index contributed by atoms with van der Waals surface area (Å²) in [4.78, 5) is 19.9. The van der Waals surface area contributed by atoms with Crippen molar-refractivity contribution in [3.63, 3.8) is 0 Å². The molecule has 0 radical (unpaired) electrons. The largest absolute Gasteiger partial charge is 0.341 e. The first-order valence-electron chi connectivity index (χ1n) is 6.35. The Balaban J connectivity index is 2.03. The third-order valence-corrected chi connectivity index (χ3v) is 3.69. The molecule has 100 valence electrons. The van der Waals surface area contributed by atoms with Crippen LogP contribution in [0.4, 0.5) is 10.5 Å². The van der Waals surface area contributed by atoms with Gasteiger partial charge in [-0.25, -0.2) is 4.79 Å². The van der Waals surface area contributed by atoms with Crippen molar-refractivity contribution in [3.05, 3.63) is 41.8 Å². The lowest BCUT2D eigenvalue weighted by atomic mass is 10.2. The van der Waals surface area contributed by atoms with Crippen LogP contribution in [-0.4, -0.2) is 55.1 Å². The second-order valence-corrected chi connectivity index (χ2v) is 5.07. The molecule has 3 rings (SSSR count). The van der Waals surface area contributed by atoms with Crippen LogP contribution in [0.15, 0.2) is 41.8 Å². The normalized spacial score (nSPS) is 19.4. The summed E-state index contributed by atoms with van der Waals surface area (Å²) in [6, 6.07) is 10.3. The van der Waals surface area contributed by atoms with Crippen molar-refractivity contribution in [1.82, 2.24) is 14.7 Å². The number of amides is 2. The van der Waals surface area contributed by atoms with E-state index < -0.39 is 0 Å². The van der Waals surface area contributed by atoms with Crippen LogP contribution < -0.4 is 4.90 Å². The fourth-order valence-electron chi connectivity index (χ4n) is 2.80. The number of nitrogens with zero attached hydrogens (tertiary/aromatic N) is 4. The molecule has 0 spiro atoms. The number of anilines is 1. The Bertz CT molecular complexity index is 540. The molecule has 0 saturated heterocycles. The van der Waals surface area contributed by atoms with Crippen molar-refractivity contribution in [2.24, 2.45) is 0 Å². The molecule has 0 aliphatic carbocycles. The van der Waals surface area contributed by atoms with Gasteiger partial charge in [-0.1, -0.05) is 18.2 Å². The molecule has 19 heavy (non-hydrogen) atoms. The van der Waals surface area contributed by atoms with Crippen LogP contribution in [0.3, 0.4) is 0 Å². The summed E-state index contributed by atoms with van der Waals surface area (Å²) in [6.45, 7) is 1.43. The van der Waals surface area contributed by atoms with E-state index in [4.69, 9.17) is 0 Å². The van der Waals surface area contributed by atoms with Crippen molar-refractivity contribution in [2.45, 2.75) is 0 Å². The monoisotopic (exact) mass is 258 g/mol. The highest BCUT2D eigenvalue weighted by atomic mass is 16.2. The van der Waals surface area contributed by atoms with E-state index in [1.165, 1.54) is 5.70 Å². The summed E-state index contributed by atoms with van der Waals surface area (Å²) in [5.74, 6) is 1.01. The molecular weight excluding hydrogens is 240 g/mol. The topological polar surface area (TPSA) is 30.0 Å². The van der Waals surface area contributed by atoms with Crippen LogP contribution in [0.5, 0.6) is 0 Å². The van der Waals surface area contributed by atoms with Crippen LogP contribution in [0.2, 0.25) is 0 Å². The molecule has 5 heteroatoms. The van der Waals surface area contributed by atoms with Crippen molar-refractivity contribution in [1.29, 1.82) is 0 Å². The number of urea groups is 1. The summed E-state index contributed by atoms with van der Waals surface area (Å²) < 4.78 is 0. The van der Waals surface area contributed by atoms with Gasteiger partial charge in [0.15, 0.2) is 0 Å². The highest BCUT2D eigenvalue weighted by Gasteiger charge is 2.37. The van der Waals surface area contributed by atoms with Gasteiger partial charge in [-0.15, -0.1) is 0 Å². The minimum atomic E-state index is 0.0421. The second-order valence-electron chi connectivity index (χ2n) is 5.07. The molecule has 5 nitrogen and oxygen atoms in total. The van der Waals surface area contributed by atoms with Crippen LogP contribution in [0.25, 0.3) is 0 Å². The fourth-order valence-corrected chi connectivity index (χ4v) is 2.80. The van der Waals surface area contributed by atoms with Gasteiger partial charge >= 0.3 is 6.03 Å². The number of hydrogen-bond acceptors (Lipinski definition) is 3. The molecule has 2 heterocycles. The van der Waals surface area contributed by atoms with E-state index in [2.05, 4.69) is 21.9 Å². The molecular formula is C14H18N4O. The molecule has 2 aliphatic rings. The molecule has 0 fully saturated rings. The summed E-state index contributed by atoms with van der Waals surface area (Å²) in [5.41, 5.74) is 2.34. The maximum Gasteiger partial charge on any atom is 0.325 e. The number of carbonyl (C=O) groups is 1. The van der Waals surface area contributed by atoms with E-state index in [1.54, 1.807) is 9.80 Å². The number of benzene rings is 1. The highest BCUT2D eigenvalue weighted by Crippen LogP contribution is 2.33. The Hall–Kier alpha value is -2.17. The quantitative estimate of drug-likeness (QED) is 0.766. The minimum Gasteiger partial charge on any atom is -0.341 e. The van der Waals surface area contributed by atoms with Gasteiger partial charge in [0.25, 0.3) is 0 Å². The summed E-state index contributed by atoms with van der Waals surface area (Å²) in [5, 5.41) is 0. The molecule has 0 atom stereocenters. The van der Waals surface area contributed by atoms with Crippen LogP contribution in [0.1, 0.15) is 0 Å². The molecule has 1 aromatic rings. The summed E-state index contributed by atoms with van der Waals surface area (Å²) in [7, 11) is 5.69. The van der Waals surface area contributed by atoms with Gasteiger partial charge in [-0.3, -0.25) is 4.90 Å². The van der Waals surface area contributed by atoms with Gasteiger partial charge in [0.2, 0.25) is 0 Å². The first-order chi connectivity index (χ1) is 9.09. The Morgan fingerprint density at radius 3 is 2.37 bits per heavy atom. The average molecular weight is 258 g/mol. The van der Waals surface area contributed by atoms with E-state index >= 15 is 0 Å². The van der Waals surface area contributed by atoms with Crippen LogP contribution in [-0.2, 0) is 0 Å². The zero-order valence-electron chi connectivity index (χ0n) is 11.5. The van der Waals surface area contributed by atoms with Gasteiger partial charge in [0.1, 0.15) is 5.82 Å². The number of para-hydroxylation sites is 1. The van der Waals surface area contributed by atoms with Gasteiger partial charge in [0, 0.05) is 26.8 Å². The van der Waals surface area contributed by atoms with Crippen molar-refractivity contribution >= 4 is 11.7 Å². The molecule has 0 bridgehead atoms. The van der Waals surface area contributed by atoms with Gasteiger partial charge in [0.05, 0.1) is 18.9 Å². The fraction of sp³-hybridized carbons (Fsp3) is 0.357. The van der Waals surface area contributed by atoms with Crippen molar-refractivity contribution in [2.75, 3.05) is 39.3 Å². The van der Waals surface area contributed by atoms with Gasteiger partial charge in [-0.05, 0) is 12.1 Å². The maximum absolute atomic E-state index is 12.0. The Kier molecular flexibility index (Phi) is 2.62. The predicted octanol–water partition coefficient (Wildman–Crippen LogP) is 1.56. The van der Waals surface area contributed by atoms with E-state index in [1.807, 2.05) is 39.3 Å². The number of likely N-dealkylation sites (N-methyl/N-ethyl adjacent to an activating group) is 1. The Morgan fingerprint density at radius 1 is 1.00 bits per heavy atom. The molecule has 0 N–H and O–H groups in total. The third kappa shape index (κ3) is 1.73. The maximum atomic E-state index is 12.0. The average Bonchev–Trinajstić information content (AvgIpc) is 2.74. The van der Waals surface area contributed by atoms with Gasteiger partial charge < -0.3 is 14.7 Å². The number of hydrogen-bond donors (Lipinski definition) is 0.